The van der Waals surface area contributed by atoms with Crippen molar-refractivity contribution in [3.05, 3.63) is 57.3 Å². The van der Waals surface area contributed by atoms with E-state index in [2.05, 4.69) is 42.3 Å². The van der Waals surface area contributed by atoms with Crippen LogP contribution in [0.1, 0.15) is 68.7 Å². The van der Waals surface area contributed by atoms with Gasteiger partial charge in [0.15, 0.2) is 5.17 Å². The summed E-state index contributed by atoms with van der Waals surface area (Å²) in [5, 5.41) is 6.12. The number of hydrogen-bond donors (Lipinski definition) is 1. The van der Waals surface area contributed by atoms with Gasteiger partial charge in [-0.15, -0.1) is 0 Å². The minimum atomic E-state index is -0.372. The van der Waals surface area contributed by atoms with Crippen molar-refractivity contribution >= 4 is 28.8 Å². The summed E-state index contributed by atoms with van der Waals surface area (Å²) in [5.74, 6) is 1.12. The molecule has 1 aromatic carbocycles. The molecule has 4 aliphatic rings. The number of carbonyl (C=O) groups excluding carboxylic acids is 2. The van der Waals surface area contributed by atoms with E-state index >= 15 is 0 Å². The van der Waals surface area contributed by atoms with Crippen LogP contribution in [0.25, 0.3) is 0 Å². The number of hydrogen-bond acceptors (Lipinski definition) is 6. The summed E-state index contributed by atoms with van der Waals surface area (Å²) < 4.78 is 5.45. The summed E-state index contributed by atoms with van der Waals surface area (Å²) in [6.45, 7) is 8.12. The first-order valence-electron chi connectivity index (χ1n) is 12.3. The van der Waals surface area contributed by atoms with Crippen molar-refractivity contribution in [2.24, 2.45) is 16.8 Å². The number of nitrogens with one attached hydrogen (secondary N) is 1. The monoisotopic (exact) mass is 479 g/mol. The molecule has 0 radical (unpaired) electrons. The normalized spacial score (nSPS) is 27.5. The van der Waals surface area contributed by atoms with E-state index in [4.69, 9.17) is 9.73 Å². The molecular weight excluding hydrogens is 446 g/mol. The molecule has 7 heteroatoms. The van der Waals surface area contributed by atoms with Crippen LogP contribution in [0.4, 0.5) is 0 Å². The number of aliphatic imine (C=N–C) groups is 1. The minimum Gasteiger partial charge on any atom is -0.463 e. The fourth-order valence-corrected chi connectivity index (χ4v) is 7.07. The number of nitrogens with zero attached hydrogens (tertiary/aromatic N) is 2. The SMILES string of the molecule is CCOC(=O)C1=C(C)N=C2SC=C(CC(=O)N[C@@H]3C[C@H]4CC[C@H]3C4)N2[C@@H]1c1ccc(C)cc1C. The third-order valence-corrected chi connectivity index (χ3v) is 8.53. The van der Waals surface area contributed by atoms with Crippen LogP contribution in [-0.4, -0.2) is 34.6 Å². The van der Waals surface area contributed by atoms with Gasteiger partial charge >= 0.3 is 5.97 Å². The second kappa shape index (κ2) is 9.25. The summed E-state index contributed by atoms with van der Waals surface area (Å²) in [5.41, 5.74) is 5.39. The fraction of sp³-hybridized carbons (Fsp3) is 0.519. The lowest BCUT2D eigenvalue weighted by Gasteiger charge is -2.37. The van der Waals surface area contributed by atoms with Gasteiger partial charge in [0.1, 0.15) is 0 Å². The Morgan fingerprint density at radius 3 is 2.71 bits per heavy atom. The van der Waals surface area contributed by atoms with Crippen molar-refractivity contribution in [3.8, 4) is 0 Å². The fourth-order valence-electron chi connectivity index (χ4n) is 6.11. The Kier molecular flexibility index (Phi) is 6.32. The standard InChI is InChI=1S/C27H33N3O3S/c1-5-33-26(32)24-17(4)28-27-30(25(24)21-9-6-15(2)10-16(21)3)20(14-34-27)13-23(31)29-22-12-18-7-8-19(22)11-18/h6,9-10,14,18-19,22,25H,5,7-8,11-13H2,1-4H3,(H,29,31)/t18-,19-,22+,25+/m0/s1. The van der Waals surface area contributed by atoms with E-state index in [1.165, 1.54) is 36.6 Å². The summed E-state index contributed by atoms with van der Waals surface area (Å²) in [6.07, 6.45) is 5.19. The van der Waals surface area contributed by atoms with Crippen molar-refractivity contribution in [1.82, 2.24) is 10.2 Å². The largest absolute Gasteiger partial charge is 0.463 e. The van der Waals surface area contributed by atoms with Gasteiger partial charge in [-0.25, -0.2) is 9.79 Å². The molecule has 180 valence electrons. The Balaban J connectivity index is 1.44. The number of ether oxygens (including phenoxy) is 1. The molecule has 2 aliphatic carbocycles. The molecule has 2 fully saturated rings. The van der Waals surface area contributed by atoms with Crippen LogP contribution in [0, 0.1) is 25.7 Å². The van der Waals surface area contributed by atoms with Crippen LogP contribution in [0.3, 0.4) is 0 Å². The van der Waals surface area contributed by atoms with E-state index in [1.807, 2.05) is 19.3 Å². The first-order chi connectivity index (χ1) is 16.4. The first kappa shape index (κ1) is 23.2. The van der Waals surface area contributed by atoms with Gasteiger partial charge in [0.05, 0.1) is 30.3 Å². The maximum Gasteiger partial charge on any atom is 0.338 e. The Morgan fingerprint density at radius 1 is 1.21 bits per heavy atom. The molecule has 1 amide bonds. The summed E-state index contributed by atoms with van der Waals surface area (Å²) in [6, 6.07) is 6.22. The molecule has 0 spiro atoms. The van der Waals surface area contributed by atoms with Crippen LogP contribution >= 0.6 is 11.8 Å². The van der Waals surface area contributed by atoms with Gasteiger partial charge in [0.2, 0.25) is 5.91 Å². The Hall–Kier alpha value is -2.54. The van der Waals surface area contributed by atoms with Crippen LogP contribution in [0.5, 0.6) is 0 Å². The van der Waals surface area contributed by atoms with Crippen molar-refractivity contribution in [2.75, 3.05) is 6.61 Å². The molecular formula is C27H33N3O3S. The number of amides is 1. The predicted octanol–water partition coefficient (Wildman–Crippen LogP) is 5.14. The van der Waals surface area contributed by atoms with E-state index in [9.17, 15) is 9.59 Å². The molecule has 1 aromatic rings. The third kappa shape index (κ3) is 4.19. The topological polar surface area (TPSA) is 71.0 Å². The van der Waals surface area contributed by atoms with Gasteiger partial charge in [0, 0.05) is 11.7 Å². The molecule has 0 aromatic heterocycles. The summed E-state index contributed by atoms with van der Waals surface area (Å²) in [4.78, 5) is 33.0. The number of amidine groups is 1. The number of rotatable bonds is 6. The Labute approximate surface area is 205 Å². The van der Waals surface area contributed by atoms with Crippen LogP contribution in [0.2, 0.25) is 0 Å². The Bertz CT molecular complexity index is 1120. The van der Waals surface area contributed by atoms with Gasteiger partial charge in [-0.3, -0.25) is 4.79 Å². The van der Waals surface area contributed by atoms with E-state index in [0.29, 0.717) is 29.8 Å². The Morgan fingerprint density at radius 2 is 2.03 bits per heavy atom. The number of benzene rings is 1. The van der Waals surface area contributed by atoms with Crippen molar-refractivity contribution in [2.45, 2.75) is 71.9 Å². The maximum absolute atomic E-state index is 13.1. The minimum absolute atomic E-state index is 0.0500. The average molecular weight is 480 g/mol. The molecule has 2 bridgehead atoms. The average Bonchev–Trinajstić information content (AvgIpc) is 3.49. The highest BCUT2D eigenvalue weighted by molar-refractivity contribution is 8.16. The smallest absolute Gasteiger partial charge is 0.338 e. The number of aryl methyl sites for hydroxylation is 2. The number of carbonyl (C=O) groups is 2. The highest BCUT2D eigenvalue weighted by atomic mass is 32.2. The molecule has 0 unspecified atom stereocenters. The van der Waals surface area contributed by atoms with Gasteiger partial charge in [-0.2, -0.15) is 0 Å². The van der Waals surface area contributed by atoms with Crippen molar-refractivity contribution in [3.63, 3.8) is 0 Å². The quantitative estimate of drug-likeness (QED) is 0.573. The van der Waals surface area contributed by atoms with E-state index in [-0.39, 0.29) is 24.3 Å². The van der Waals surface area contributed by atoms with Crippen LogP contribution < -0.4 is 5.32 Å². The molecule has 34 heavy (non-hydrogen) atoms. The third-order valence-electron chi connectivity index (χ3n) is 7.64. The highest BCUT2D eigenvalue weighted by Gasteiger charge is 2.43. The maximum atomic E-state index is 13.1. The molecule has 1 N–H and O–H groups in total. The van der Waals surface area contributed by atoms with Crippen LogP contribution in [0.15, 0.2) is 45.6 Å². The van der Waals surface area contributed by atoms with E-state index < -0.39 is 0 Å². The number of allylic oxidation sites excluding steroid dienone is 1. The van der Waals surface area contributed by atoms with Crippen LogP contribution in [-0.2, 0) is 14.3 Å². The van der Waals surface area contributed by atoms with Gasteiger partial charge in [-0.1, -0.05) is 41.9 Å². The predicted molar refractivity (Wildman–Crippen MR) is 135 cm³/mol. The van der Waals surface area contributed by atoms with Crippen molar-refractivity contribution < 1.29 is 14.3 Å². The number of fused-ring (bicyclic) bond motifs is 3. The zero-order valence-electron chi connectivity index (χ0n) is 20.4. The lowest BCUT2D eigenvalue weighted by Crippen LogP contribution is -2.41. The summed E-state index contributed by atoms with van der Waals surface area (Å²) in [7, 11) is 0. The zero-order valence-corrected chi connectivity index (χ0v) is 21.2. The van der Waals surface area contributed by atoms with Gasteiger partial charge in [0.25, 0.3) is 0 Å². The highest BCUT2D eigenvalue weighted by Crippen LogP contribution is 2.47. The van der Waals surface area contributed by atoms with Crippen molar-refractivity contribution in [1.29, 1.82) is 0 Å². The van der Waals surface area contributed by atoms with Gasteiger partial charge < -0.3 is 15.0 Å². The van der Waals surface area contributed by atoms with E-state index in [0.717, 1.165) is 34.3 Å². The molecule has 4 atom stereocenters. The lowest BCUT2D eigenvalue weighted by atomic mass is 9.90. The number of esters is 1. The number of thioether (sulfide) groups is 1. The first-order valence-corrected chi connectivity index (χ1v) is 13.2. The second-order valence-corrected chi connectivity index (χ2v) is 10.8. The van der Waals surface area contributed by atoms with Gasteiger partial charge in [-0.05, 0) is 75.3 Å². The second-order valence-electron chi connectivity index (χ2n) is 10.00. The zero-order chi connectivity index (χ0) is 24.0. The summed E-state index contributed by atoms with van der Waals surface area (Å²) >= 11 is 1.52. The molecule has 2 aliphatic heterocycles. The molecule has 2 heterocycles. The molecule has 0 saturated heterocycles. The van der Waals surface area contributed by atoms with E-state index in [1.54, 1.807) is 0 Å². The lowest BCUT2D eigenvalue weighted by molar-refractivity contribution is -0.139. The molecule has 6 nitrogen and oxygen atoms in total. The molecule has 5 rings (SSSR count). The molecule has 2 saturated carbocycles.